The van der Waals surface area contributed by atoms with E-state index in [4.69, 9.17) is 18.7 Å². The molecule has 0 unspecified atom stereocenters. The smallest absolute Gasteiger partial charge is 0.269 e. The minimum absolute atomic E-state index is 0.0124. The molecule has 0 saturated carbocycles. The van der Waals surface area contributed by atoms with Crippen LogP contribution in [0.4, 0.5) is 5.69 Å². The highest BCUT2D eigenvalue weighted by atomic mass is 16.6. The average Bonchev–Trinajstić information content (AvgIpc) is 3.23. The number of ether oxygens (including phenoxy) is 3. The molecule has 1 aromatic heterocycles. The Morgan fingerprint density at radius 3 is 2.38 bits per heavy atom. The van der Waals surface area contributed by atoms with E-state index >= 15 is 0 Å². The third-order valence-electron chi connectivity index (χ3n) is 5.30. The number of aromatic nitrogens is 1. The van der Waals surface area contributed by atoms with Gasteiger partial charge in [0.2, 0.25) is 0 Å². The highest BCUT2D eigenvalue weighted by Gasteiger charge is 2.21. The molecule has 0 amide bonds. The topological polar surface area (TPSA) is 117 Å². The van der Waals surface area contributed by atoms with Gasteiger partial charge in [-0.15, -0.1) is 0 Å². The number of hydrogen-bond donors (Lipinski definition) is 1. The molecule has 9 nitrogen and oxygen atoms in total. The first-order chi connectivity index (χ1) is 16.4. The summed E-state index contributed by atoms with van der Waals surface area (Å²) in [6.45, 7) is 2.01. The number of hydrogen-bond acceptors (Lipinski definition) is 8. The van der Waals surface area contributed by atoms with Crippen molar-refractivity contribution in [2.45, 2.75) is 13.5 Å². The lowest BCUT2D eigenvalue weighted by atomic mass is 9.99. The van der Waals surface area contributed by atoms with E-state index in [9.17, 15) is 15.2 Å². The van der Waals surface area contributed by atoms with E-state index in [0.29, 0.717) is 34.3 Å². The second-order valence-corrected chi connectivity index (χ2v) is 7.43. The van der Waals surface area contributed by atoms with Crippen molar-refractivity contribution in [3.05, 3.63) is 82.0 Å². The summed E-state index contributed by atoms with van der Waals surface area (Å²) in [7, 11) is 3.13. The molecule has 0 radical (unpaired) electrons. The summed E-state index contributed by atoms with van der Waals surface area (Å²) in [5, 5.41) is 25.6. The van der Waals surface area contributed by atoms with Crippen LogP contribution in [0, 0.1) is 17.0 Å². The summed E-state index contributed by atoms with van der Waals surface area (Å²) in [5.74, 6) is 1.96. The molecule has 0 atom stereocenters. The Labute approximate surface area is 195 Å². The van der Waals surface area contributed by atoms with Crippen LogP contribution in [0.2, 0.25) is 0 Å². The van der Waals surface area contributed by atoms with Gasteiger partial charge in [0.25, 0.3) is 5.69 Å². The van der Waals surface area contributed by atoms with Crippen LogP contribution < -0.4 is 14.2 Å². The third kappa shape index (κ3) is 4.49. The monoisotopic (exact) mass is 462 g/mol. The van der Waals surface area contributed by atoms with E-state index in [1.165, 1.54) is 18.2 Å². The number of benzene rings is 3. The predicted molar refractivity (Wildman–Crippen MR) is 124 cm³/mol. The van der Waals surface area contributed by atoms with Gasteiger partial charge in [0, 0.05) is 18.2 Å². The van der Waals surface area contributed by atoms with Crippen molar-refractivity contribution in [2.24, 2.45) is 0 Å². The van der Waals surface area contributed by atoms with E-state index in [-0.39, 0.29) is 18.0 Å². The molecule has 0 saturated heterocycles. The minimum Gasteiger partial charge on any atom is -0.507 e. The lowest BCUT2D eigenvalue weighted by Crippen LogP contribution is -1.96. The van der Waals surface area contributed by atoms with Crippen LogP contribution in [0.1, 0.15) is 11.3 Å². The second-order valence-electron chi connectivity index (χ2n) is 7.43. The van der Waals surface area contributed by atoms with Crippen molar-refractivity contribution in [3.8, 4) is 45.4 Å². The molecule has 0 bridgehead atoms. The fraction of sp³-hybridized carbons (Fsp3) is 0.160. The molecule has 4 rings (SSSR count). The Morgan fingerprint density at radius 2 is 1.74 bits per heavy atom. The highest BCUT2D eigenvalue weighted by Crippen LogP contribution is 2.42. The molecule has 4 aromatic rings. The van der Waals surface area contributed by atoms with Gasteiger partial charge >= 0.3 is 0 Å². The Hall–Kier alpha value is -4.53. The van der Waals surface area contributed by atoms with E-state index < -0.39 is 4.92 Å². The van der Waals surface area contributed by atoms with Gasteiger partial charge in [-0.3, -0.25) is 10.1 Å². The maximum atomic E-state index is 10.8. The number of non-ortho nitro benzene ring substituents is 1. The van der Waals surface area contributed by atoms with Gasteiger partial charge in [0.1, 0.15) is 18.1 Å². The Bertz CT molecular complexity index is 1330. The maximum absolute atomic E-state index is 10.8. The van der Waals surface area contributed by atoms with E-state index in [1.54, 1.807) is 44.6 Å². The number of nitrogens with zero attached hydrogens (tertiary/aromatic N) is 2. The van der Waals surface area contributed by atoms with Crippen LogP contribution >= 0.6 is 0 Å². The number of phenols is 1. The number of nitro benzene ring substituents is 1. The summed E-state index contributed by atoms with van der Waals surface area (Å²) < 4.78 is 22.0. The van der Waals surface area contributed by atoms with E-state index in [2.05, 4.69) is 5.16 Å². The van der Waals surface area contributed by atoms with Crippen LogP contribution in [-0.2, 0) is 6.61 Å². The molecule has 0 aliphatic carbocycles. The summed E-state index contributed by atoms with van der Waals surface area (Å²) in [5.41, 5.74) is 3.39. The molecule has 0 fully saturated rings. The van der Waals surface area contributed by atoms with Crippen molar-refractivity contribution >= 4 is 5.69 Å². The van der Waals surface area contributed by atoms with Crippen molar-refractivity contribution in [1.82, 2.24) is 5.16 Å². The fourth-order valence-corrected chi connectivity index (χ4v) is 3.56. The van der Waals surface area contributed by atoms with Crippen molar-refractivity contribution in [3.63, 3.8) is 0 Å². The third-order valence-corrected chi connectivity index (χ3v) is 5.30. The molecule has 0 spiro atoms. The molecule has 1 heterocycles. The average molecular weight is 462 g/mol. The van der Waals surface area contributed by atoms with Crippen LogP contribution in [0.15, 0.2) is 65.2 Å². The standard InChI is InChI=1S/C25H22N2O7/c1-15-24(17-6-11-22(31-2)23(12-17)32-3)25(34-26-15)20-10-9-19(13-21(20)28)33-14-16-4-7-18(8-5-16)27(29)30/h4-13,28H,14H2,1-3H3. The number of aromatic hydroxyl groups is 1. The largest absolute Gasteiger partial charge is 0.507 e. The lowest BCUT2D eigenvalue weighted by Gasteiger charge is -2.11. The molecule has 0 aliphatic rings. The lowest BCUT2D eigenvalue weighted by molar-refractivity contribution is -0.384. The molecule has 3 aromatic carbocycles. The highest BCUT2D eigenvalue weighted by molar-refractivity contribution is 5.84. The minimum atomic E-state index is -0.455. The molecule has 34 heavy (non-hydrogen) atoms. The van der Waals surface area contributed by atoms with Gasteiger partial charge in [0.05, 0.1) is 36.0 Å². The molecule has 9 heteroatoms. The van der Waals surface area contributed by atoms with Gasteiger partial charge in [-0.1, -0.05) is 11.2 Å². The van der Waals surface area contributed by atoms with Gasteiger partial charge in [-0.25, -0.2) is 0 Å². The SMILES string of the molecule is COc1ccc(-c2c(C)noc2-c2ccc(OCc3ccc([N+](=O)[O-])cc3)cc2O)cc1OC. The number of aryl methyl sites for hydroxylation is 1. The molecule has 0 aliphatic heterocycles. The second kappa shape index (κ2) is 9.53. The first kappa shape index (κ1) is 22.7. The van der Waals surface area contributed by atoms with Crippen molar-refractivity contribution in [1.29, 1.82) is 0 Å². The zero-order chi connectivity index (χ0) is 24.2. The first-order valence-corrected chi connectivity index (χ1v) is 10.3. The number of phenolic OH excluding ortho intramolecular Hbond substituents is 1. The molecule has 1 N–H and O–H groups in total. The summed E-state index contributed by atoms with van der Waals surface area (Å²) in [6.07, 6.45) is 0. The first-order valence-electron chi connectivity index (χ1n) is 10.3. The maximum Gasteiger partial charge on any atom is 0.269 e. The van der Waals surface area contributed by atoms with Crippen molar-refractivity contribution in [2.75, 3.05) is 14.2 Å². The summed E-state index contributed by atoms with van der Waals surface area (Å²) in [4.78, 5) is 10.3. The Kier molecular flexibility index (Phi) is 6.35. The van der Waals surface area contributed by atoms with Crippen LogP contribution in [0.5, 0.6) is 23.0 Å². The summed E-state index contributed by atoms with van der Waals surface area (Å²) in [6, 6.07) is 16.4. The number of rotatable bonds is 8. The number of nitro groups is 1. The van der Waals surface area contributed by atoms with E-state index in [1.807, 2.05) is 19.1 Å². The molecular weight excluding hydrogens is 440 g/mol. The van der Waals surface area contributed by atoms with Gasteiger partial charge in [-0.2, -0.15) is 0 Å². The van der Waals surface area contributed by atoms with E-state index in [0.717, 1.165) is 16.7 Å². The fourth-order valence-electron chi connectivity index (χ4n) is 3.56. The van der Waals surface area contributed by atoms with Crippen LogP contribution in [0.3, 0.4) is 0 Å². The Balaban J connectivity index is 1.59. The van der Waals surface area contributed by atoms with Crippen LogP contribution in [-0.4, -0.2) is 29.4 Å². The number of methoxy groups -OCH3 is 2. The van der Waals surface area contributed by atoms with Gasteiger partial charge in [-0.05, 0) is 54.4 Å². The predicted octanol–water partition coefficient (Wildman–Crippen LogP) is 5.53. The van der Waals surface area contributed by atoms with Gasteiger partial charge < -0.3 is 23.8 Å². The Morgan fingerprint density at radius 1 is 1.00 bits per heavy atom. The summed E-state index contributed by atoms with van der Waals surface area (Å²) >= 11 is 0. The van der Waals surface area contributed by atoms with Crippen molar-refractivity contribution < 1.29 is 28.8 Å². The normalized spacial score (nSPS) is 10.7. The molecule has 174 valence electrons. The zero-order valence-electron chi connectivity index (χ0n) is 18.8. The van der Waals surface area contributed by atoms with Crippen LogP contribution in [0.25, 0.3) is 22.5 Å². The quantitative estimate of drug-likeness (QED) is 0.268. The molecular formula is C25H22N2O7. The zero-order valence-corrected chi connectivity index (χ0v) is 18.8. The van der Waals surface area contributed by atoms with Gasteiger partial charge in [0.15, 0.2) is 17.3 Å².